The molecular formula is C48H15F57N6O6. The first-order valence-electron chi connectivity index (χ1n) is 27.0. The Hall–Kier alpha value is -8.73. The highest BCUT2D eigenvalue weighted by Gasteiger charge is 2.87. The molecule has 0 spiro atoms. The van der Waals surface area contributed by atoms with Crippen LogP contribution >= 0.6 is 0 Å². The van der Waals surface area contributed by atoms with Crippen LogP contribution in [-0.2, 0) is 0 Å². The molecule has 12 nitrogen and oxygen atoms in total. The van der Waals surface area contributed by atoms with Gasteiger partial charge in [0, 0.05) is 0 Å². The zero-order valence-electron chi connectivity index (χ0n) is 52.2. The van der Waals surface area contributed by atoms with Crippen molar-refractivity contribution < 1.29 is 279 Å². The first kappa shape index (κ1) is 101. The number of rotatable bonds is 33. The van der Waals surface area contributed by atoms with Gasteiger partial charge in [0.2, 0.25) is 35.3 Å². The van der Waals surface area contributed by atoms with Crippen LogP contribution in [0.4, 0.5) is 250 Å². The molecule has 0 bridgehead atoms. The van der Waals surface area contributed by atoms with Crippen molar-refractivity contribution in [1.29, 1.82) is 0 Å². The van der Waals surface area contributed by atoms with Crippen LogP contribution in [0.5, 0.6) is 35.3 Å². The molecule has 0 unspecified atom stereocenters. The summed E-state index contributed by atoms with van der Waals surface area (Å²) in [5.74, 6) is -184. The normalized spacial score (nSPS) is 15.3. The predicted molar refractivity (Wildman–Crippen MR) is 248 cm³/mol. The standard InChI is InChI=1S/C48H15F57N6O6/c49-19-16(22-106-10(112-4-25(52,53)31(64,65)37(76,77)43(88,89)90)1-11(107-22)113-5-26(54,55)32(66,67)38(78,79)44(91,92)93)20(50)18(24-110-14(116-8-29(60,61)35(72,73)41(84,85)47(100,101)102)3-15(111-24)117-9-30(62,63)36(74,75)42(86,87)48(103,104)105)21(51)17(19)23-108-12(114-6-27(56,57)33(68,69)39(80,81)45(94,95)96)2-13(109-23)115-7-28(58,59)34(70,71)40(82,83)46(97,98)99/h1-3H,4-9H2. The number of aromatic nitrogens is 6. The Labute approximate surface area is 597 Å². The Balaban J connectivity index is 2.50. The lowest BCUT2D eigenvalue weighted by Gasteiger charge is -2.33. The second-order valence-electron chi connectivity index (χ2n) is 22.0. The van der Waals surface area contributed by atoms with E-state index >= 15 is 13.2 Å². The second-order valence-corrected chi connectivity index (χ2v) is 22.0. The maximum absolute atomic E-state index is 17.6. The van der Waals surface area contributed by atoms with E-state index in [0.717, 1.165) is 0 Å². The fourth-order valence-corrected chi connectivity index (χ4v) is 7.22. The topological polar surface area (TPSA) is 133 Å². The van der Waals surface area contributed by atoms with Crippen molar-refractivity contribution >= 4 is 0 Å². The van der Waals surface area contributed by atoms with Gasteiger partial charge in [0.05, 0.1) is 34.9 Å². The van der Waals surface area contributed by atoms with Gasteiger partial charge < -0.3 is 28.4 Å². The third-order valence-electron chi connectivity index (χ3n) is 13.7. The number of nitrogens with zero attached hydrogens (tertiary/aromatic N) is 6. The Morgan fingerprint density at radius 3 is 0.368 bits per heavy atom. The summed E-state index contributed by atoms with van der Waals surface area (Å²) in [6.07, 6.45) is -47.8. The minimum atomic E-state index is -8.20. The minimum absolute atomic E-state index is 1.29. The number of halogens is 57. The summed E-state index contributed by atoms with van der Waals surface area (Å²) in [7, 11) is 0. The highest BCUT2D eigenvalue weighted by atomic mass is 19.5. The van der Waals surface area contributed by atoms with Crippen LogP contribution in [0.15, 0.2) is 18.2 Å². The van der Waals surface area contributed by atoms with Gasteiger partial charge in [0.15, 0.2) is 74.6 Å². The van der Waals surface area contributed by atoms with E-state index in [-0.39, 0.29) is 0 Å². The number of alkyl halides is 54. The van der Waals surface area contributed by atoms with Gasteiger partial charge in [-0.1, -0.05) is 0 Å². The molecule has 0 aliphatic rings. The molecule has 1 aromatic carbocycles. The predicted octanol–water partition coefficient (Wildman–Crippen LogP) is 20.6. The molecule has 3 heterocycles. The third kappa shape index (κ3) is 17.4. The van der Waals surface area contributed by atoms with E-state index in [0.29, 0.717) is 0 Å². The molecule has 0 radical (unpaired) electrons. The van der Waals surface area contributed by atoms with E-state index in [1.54, 1.807) is 0 Å². The lowest BCUT2D eigenvalue weighted by Crippen LogP contribution is -2.62. The molecule has 0 fully saturated rings. The smallest absolute Gasteiger partial charge is 0.460 e. The zero-order chi connectivity index (χ0) is 92.5. The fraction of sp³-hybridized carbons (Fsp3) is 0.625. The van der Waals surface area contributed by atoms with Gasteiger partial charge in [-0.2, -0.15) is 267 Å². The van der Waals surface area contributed by atoms with Crippen molar-refractivity contribution in [1.82, 2.24) is 29.9 Å². The SMILES string of the molecule is Fc1c(-c2nc(OCC(F)(F)C(F)(F)C(F)(F)C(F)(F)F)cc(OCC(F)(F)C(F)(F)C(F)(F)C(F)(F)F)n2)c(F)c(-c2nc(OCC(F)(F)C(F)(F)C(F)(F)C(F)(F)F)cc(OCC(F)(F)C(F)(F)C(F)(F)C(F)(F)F)n2)c(F)c1-c1nc(OCC(F)(F)C(F)(F)C(F)(F)C(F)(F)F)cc(OCC(F)(F)C(F)(F)C(F)(F)C(F)(F)F)n1. The summed E-state index contributed by atoms with van der Waals surface area (Å²) in [6.45, 7) is -25.4. The van der Waals surface area contributed by atoms with Crippen LogP contribution in [0, 0.1) is 17.5 Å². The van der Waals surface area contributed by atoms with Crippen molar-refractivity contribution in [2.24, 2.45) is 0 Å². The van der Waals surface area contributed by atoms with Crippen molar-refractivity contribution in [3.05, 3.63) is 35.7 Å². The van der Waals surface area contributed by atoms with E-state index < -0.39 is 288 Å². The summed E-state index contributed by atoms with van der Waals surface area (Å²) in [5, 5.41) is 0. The van der Waals surface area contributed by atoms with E-state index in [1.807, 2.05) is 0 Å². The van der Waals surface area contributed by atoms with Crippen LogP contribution in [0.25, 0.3) is 34.2 Å². The van der Waals surface area contributed by atoms with Gasteiger partial charge in [-0.3, -0.25) is 0 Å². The van der Waals surface area contributed by atoms with Crippen molar-refractivity contribution in [3.63, 3.8) is 0 Å². The molecule has 672 valence electrons. The van der Waals surface area contributed by atoms with Gasteiger partial charge in [-0.15, -0.1) is 0 Å². The summed E-state index contributed by atoms with van der Waals surface area (Å²) < 4.78 is 824. The van der Waals surface area contributed by atoms with Gasteiger partial charge in [-0.25, -0.2) is 13.2 Å². The lowest BCUT2D eigenvalue weighted by molar-refractivity contribution is -0.398. The Bertz CT molecular complexity index is 3560. The van der Waals surface area contributed by atoms with Gasteiger partial charge in [0.25, 0.3) is 0 Å². The second kappa shape index (κ2) is 29.9. The van der Waals surface area contributed by atoms with Crippen LogP contribution in [-0.4, -0.2) is 213 Å². The first-order valence-corrected chi connectivity index (χ1v) is 27.0. The molecule has 0 aliphatic carbocycles. The quantitative estimate of drug-likeness (QED) is 0.0421. The molecule has 0 saturated heterocycles. The molecule has 0 amide bonds. The van der Waals surface area contributed by atoms with Gasteiger partial charge >= 0.3 is 144 Å². The highest BCUT2D eigenvalue weighted by Crippen LogP contribution is 2.60. The largest absolute Gasteiger partial charge is 0.471 e. The van der Waals surface area contributed by atoms with Crippen LogP contribution in [0.2, 0.25) is 0 Å². The number of hydrogen-bond acceptors (Lipinski definition) is 12. The van der Waals surface area contributed by atoms with Crippen LogP contribution in [0.1, 0.15) is 0 Å². The van der Waals surface area contributed by atoms with E-state index in [1.165, 1.54) is 0 Å². The van der Waals surface area contributed by atoms with Crippen LogP contribution in [0.3, 0.4) is 0 Å². The zero-order valence-corrected chi connectivity index (χ0v) is 52.2. The molecule has 0 atom stereocenters. The van der Waals surface area contributed by atoms with Crippen molar-refractivity contribution in [2.75, 3.05) is 39.6 Å². The Morgan fingerprint density at radius 2 is 0.274 bits per heavy atom. The molecule has 4 rings (SSSR count). The summed E-state index contributed by atoms with van der Waals surface area (Å²) >= 11 is 0. The third-order valence-corrected chi connectivity index (χ3v) is 13.7. The maximum atomic E-state index is 17.6. The average molecular weight is 1850 g/mol. The number of hydrogen-bond donors (Lipinski definition) is 0. The van der Waals surface area contributed by atoms with E-state index in [2.05, 4.69) is 58.3 Å². The molecule has 4 aromatic rings. The fourth-order valence-electron chi connectivity index (χ4n) is 7.22. The summed E-state index contributed by atoms with van der Waals surface area (Å²) in [5.41, 5.74) is -11.1. The lowest BCUT2D eigenvalue weighted by atomic mass is 10.00. The molecule has 69 heteroatoms. The molecular weight excluding hydrogens is 1840 g/mol. The highest BCUT2D eigenvalue weighted by molar-refractivity contribution is 5.78. The van der Waals surface area contributed by atoms with Gasteiger partial charge in [0.1, 0.15) is 0 Å². The van der Waals surface area contributed by atoms with Crippen LogP contribution < -0.4 is 28.4 Å². The molecule has 0 aliphatic heterocycles. The summed E-state index contributed by atoms with van der Waals surface area (Å²) in [4.78, 5) is 13.5. The molecule has 0 saturated carbocycles. The Morgan fingerprint density at radius 1 is 0.171 bits per heavy atom. The number of benzene rings is 1. The van der Waals surface area contributed by atoms with Crippen molar-refractivity contribution in [3.8, 4) is 69.4 Å². The monoisotopic (exact) mass is 1850 g/mol. The minimum Gasteiger partial charge on any atom is -0.471 e. The first-order chi connectivity index (χ1) is 51.2. The summed E-state index contributed by atoms with van der Waals surface area (Å²) in [6, 6.07) is -3.88. The molecule has 0 N–H and O–H groups in total. The average Bonchev–Trinajstić information content (AvgIpc) is 0.772. The molecule has 3 aromatic heterocycles. The number of ether oxygens (including phenoxy) is 6. The Kier molecular flexibility index (Phi) is 25.7. The van der Waals surface area contributed by atoms with E-state index in [4.69, 9.17) is 0 Å². The van der Waals surface area contributed by atoms with Gasteiger partial charge in [-0.05, 0) is 0 Å². The maximum Gasteiger partial charge on any atom is 0.460 e. The van der Waals surface area contributed by atoms with Crippen molar-refractivity contribution in [2.45, 2.75) is 144 Å². The van der Waals surface area contributed by atoms with E-state index in [9.17, 15) is 237 Å². The molecule has 117 heavy (non-hydrogen) atoms.